The molecule has 0 aromatic carbocycles. The summed E-state index contributed by atoms with van der Waals surface area (Å²) in [5.74, 6) is 0. The summed E-state index contributed by atoms with van der Waals surface area (Å²) < 4.78 is 0. The van der Waals surface area contributed by atoms with Crippen LogP contribution >= 0.6 is 0 Å². The Morgan fingerprint density at radius 1 is 1.17 bits per heavy atom. The van der Waals surface area contributed by atoms with E-state index in [-0.39, 0.29) is 6.61 Å². The Morgan fingerprint density at radius 2 is 1.75 bits per heavy atom. The first-order valence-corrected chi connectivity index (χ1v) is 5.07. The smallest absolute Gasteiger partial charge is 0.0445 e. The van der Waals surface area contributed by atoms with Crippen molar-refractivity contribution in [2.45, 2.75) is 58.5 Å². The van der Waals surface area contributed by atoms with E-state index in [0.29, 0.717) is 12.1 Å². The summed E-state index contributed by atoms with van der Waals surface area (Å²) in [7, 11) is 0. The lowest BCUT2D eigenvalue weighted by Gasteiger charge is -2.18. The van der Waals surface area contributed by atoms with E-state index in [4.69, 9.17) is 5.11 Å². The molecule has 74 valence electrons. The first kappa shape index (κ1) is 11.9. The number of hydrogen-bond donors (Lipinski definition) is 2. The van der Waals surface area contributed by atoms with Crippen molar-refractivity contribution >= 4 is 0 Å². The summed E-state index contributed by atoms with van der Waals surface area (Å²) in [4.78, 5) is 0. The molecule has 0 aliphatic heterocycles. The van der Waals surface area contributed by atoms with Crippen LogP contribution in [0.15, 0.2) is 0 Å². The first-order chi connectivity index (χ1) is 5.70. The van der Waals surface area contributed by atoms with Gasteiger partial charge in [0.2, 0.25) is 0 Å². The predicted molar refractivity (Wildman–Crippen MR) is 53.3 cm³/mol. The maximum absolute atomic E-state index is 8.69. The van der Waals surface area contributed by atoms with Crippen LogP contribution in [0.25, 0.3) is 0 Å². The quantitative estimate of drug-likeness (QED) is 0.616. The molecule has 0 saturated carbocycles. The Labute approximate surface area is 76.4 Å². The van der Waals surface area contributed by atoms with E-state index >= 15 is 0 Å². The Balaban J connectivity index is 3.33. The molecule has 0 aromatic heterocycles. The molecule has 0 aliphatic carbocycles. The molecule has 0 heterocycles. The molecule has 0 fully saturated rings. The molecule has 0 amide bonds. The van der Waals surface area contributed by atoms with E-state index in [1.807, 2.05) is 0 Å². The van der Waals surface area contributed by atoms with Crippen LogP contribution in [-0.4, -0.2) is 23.8 Å². The standard InChI is InChI=1S/C10H23NO/c1-4-5-6-9(2)11-10(3)7-8-12/h9-12H,4-8H2,1-3H3. The minimum Gasteiger partial charge on any atom is -0.396 e. The summed E-state index contributed by atoms with van der Waals surface area (Å²) in [5, 5.41) is 12.1. The van der Waals surface area contributed by atoms with Crippen LogP contribution in [0.3, 0.4) is 0 Å². The Bertz CT molecular complexity index is 95.8. The molecule has 2 unspecified atom stereocenters. The molecule has 2 nitrogen and oxygen atoms in total. The van der Waals surface area contributed by atoms with Crippen molar-refractivity contribution < 1.29 is 5.11 Å². The lowest BCUT2D eigenvalue weighted by Crippen LogP contribution is -2.34. The third-order valence-corrected chi connectivity index (χ3v) is 2.12. The average Bonchev–Trinajstić information content (AvgIpc) is 2.01. The van der Waals surface area contributed by atoms with Gasteiger partial charge in [0, 0.05) is 18.7 Å². The van der Waals surface area contributed by atoms with Gasteiger partial charge in [0.25, 0.3) is 0 Å². The Morgan fingerprint density at radius 3 is 2.25 bits per heavy atom. The highest BCUT2D eigenvalue weighted by atomic mass is 16.3. The fraction of sp³-hybridized carbons (Fsp3) is 1.00. The molecule has 2 N–H and O–H groups in total. The van der Waals surface area contributed by atoms with Gasteiger partial charge in [-0.25, -0.2) is 0 Å². The van der Waals surface area contributed by atoms with Crippen molar-refractivity contribution in [1.82, 2.24) is 5.32 Å². The van der Waals surface area contributed by atoms with Crippen LogP contribution in [0.4, 0.5) is 0 Å². The van der Waals surface area contributed by atoms with Crippen molar-refractivity contribution in [3.05, 3.63) is 0 Å². The molecule has 0 bridgehead atoms. The van der Waals surface area contributed by atoms with E-state index in [1.54, 1.807) is 0 Å². The van der Waals surface area contributed by atoms with E-state index < -0.39 is 0 Å². The second kappa shape index (κ2) is 7.56. The number of nitrogens with one attached hydrogen (secondary N) is 1. The van der Waals surface area contributed by atoms with E-state index in [0.717, 1.165) is 6.42 Å². The number of aliphatic hydroxyl groups excluding tert-OH is 1. The number of aliphatic hydroxyl groups is 1. The zero-order chi connectivity index (χ0) is 9.40. The molecule has 0 rings (SSSR count). The number of rotatable bonds is 7. The molecule has 2 heteroatoms. The van der Waals surface area contributed by atoms with Gasteiger partial charge in [-0.15, -0.1) is 0 Å². The van der Waals surface area contributed by atoms with Crippen LogP contribution in [0.2, 0.25) is 0 Å². The molecular formula is C10H23NO. The minimum absolute atomic E-state index is 0.286. The highest BCUT2D eigenvalue weighted by molar-refractivity contribution is 4.66. The van der Waals surface area contributed by atoms with Gasteiger partial charge in [-0.05, 0) is 26.7 Å². The van der Waals surface area contributed by atoms with Crippen LogP contribution in [0.5, 0.6) is 0 Å². The van der Waals surface area contributed by atoms with E-state index in [2.05, 4.69) is 26.1 Å². The first-order valence-electron chi connectivity index (χ1n) is 5.07. The summed E-state index contributed by atoms with van der Waals surface area (Å²) in [6, 6.07) is 1.04. The molecule has 0 aromatic rings. The second-order valence-corrected chi connectivity index (χ2v) is 3.62. The van der Waals surface area contributed by atoms with Gasteiger partial charge < -0.3 is 10.4 Å². The normalized spacial score (nSPS) is 16.0. The van der Waals surface area contributed by atoms with Crippen molar-refractivity contribution in [3.8, 4) is 0 Å². The third kappa shape index (κ3) is 6.62. The van der Waals surface area contributed by atoms with Crippen LogP contribution in [0, 0.1) is 0 Å². The number of hydrogen-bond acceptors (Lipinski definition) is 2. The molecule has 2 atom stereocenters. The molecular weight excluding hydrogens is 150 g/mol. The van der Waals surface area contributed by atoms with Crippen LogP contribution < -0.4 is 5.32 Å². The van der Waals surface area contributed by atoms with Crippen molar-refractivity contribution in [1.29, 1.82) is 0 Å². The van der Waals surface area contributed by atoms with Gasteiger partial charge in [-0.3, -0.25) is 0 Å². The monoisotopic (exact) mass is 173 g/mol. The molecule has 0 saturated heterocycles. The van der Waals surface area contributed by atoms with Gasteiger partial charge in [0.15, 0.2) is 0 Å². The maximum atomic E-state index is 8.69. The average molecular weight is 173 g/mol. The predicted octanol–water partition coefficient (Wildman–Crippen LogP) is 1.93. The topological polar surface area (TPSA) is 32.3 Å². The zero-order valence-electron chi connectivity index (χ0n) is 8.64. The number of unbranched alkanes of at least 4 members (excludes halogenated alkanes) is 1. The Kier molecular flexibility index (Phi) is 7.51. The minimum atomic E-state index is 0.286. The third-order valence-electron chi connectivity index (χ3n) is 2.12. The molecule has 0 spiro atoms. The highest BCUT2D eigenvalue weighted by Crippen LogP contribution is 2.01. The fourth-order valence-electron chi connectivity index (χ4n) is 1.36. The van der Waals surface area contributed by atoms with Gasteiger partial charge in [0.1, 0.15) is 0 Å². The van der Waals surface area contributed by atoms with E-state index in [1.165, 1.54) is 19.3 Å². The SMILES string of the molecule is CCCCC(C)NC(C)CCO. The van der Waals surface area contributed by atoms with Gasteiger partial charge in [-0.1, -0.05) is 19.8 Å². The Hall–Kier alpha value is -0.0800. The van der Waals surface area contributed by atoms with Crippen LogP contribution in [-0.2, 0) is 0 Å². The summed E-state index contributed by atoms with van der Waals surface area (Å²) in [6.07, 6.45) is 4.66. The summed E-state index contributed by atoms with van der Waals surface area (Å²) in [6.45, 7) is 6.83. The van der Waals surface area contributed by atoms with Gasteiger partial charge >= 0.3 is 0 Å². The molecule has 12 heavy (non-hydrogen) atoms. The van der Waals surface area contributed by atoms with Crippen molar-refractivity contribution in [3.63, 3.8) is 0 Å². The summed E-state index contributed by atoms with van der Waals surface area (Å²) >= 11 is 0. The van der Waals surface area contributed by atoms with E-state index in [9.17, 15) is 0 Å². The van der Waals surface area contributed by atoms with Crippen molar-refractivity contribution in [2.24, 2.45) is 0 Å². The van der Waals surface area contributed by atoms with Crippen LogP contribution in [0.1, 0.15) is 46.5 Å². The highest BCUT2D eigenvalue weighted by Gasteiger charge is 2.05. The van der Waals surface area contributed by atoms with Gasteiger partial charge in [0.05, 0.1) is 0 Å². The second-order valence-electron chi connectivity index (χ2n) is 3.62. The largest absolute Gasteiger partial charge is 0.396 e. The molecule has 0 aliphatic rings. The fourth-order valence-corrected chi connectivity index (χ4v) is 1.36. The lowest BCUT2D eigenvalue weighted by atomic mass is 10.1. The van der Waals surface area contributed by atoms with Gasteiger partial charge in [-0.2, -0.15) is 0 Å². The summed E-state index contributed by atoms with van der Waals surface area (Å²) in [5.41, 5.74) is 0. The maximum Gasteiger partial charge on any atom is 0.0445 e. The molecule has 0 radical (unpaired) electrons. The lowest BCUT2D eigenvalue weighted by molar-refractivity contribution is 0.262. The van der Waals surface area contributed by atoms with Crippen molar-refractivity contribution in [2.75, 3.05) is 6.61 Å². The zero-order valence-corrected chi connectivity index (χ0v) is 8.64.